The minimum absolute atomic E-state index is 0.227. The van der Waals surface area contributed by atoms with Gasteiger partial charge >= 0.3 is 0 Å². The number of nitrogens with zero attached hydrogens (tertiary/aromatic N) is 2. The van der Waals surface area contributed by atoms with Gasteiger partial charge in [0.2, 0.25) is 5.28 Å². The van der Waals surface area contributed by atoms with Crippen molar-refractivity contribution < 1.29 is 0 Å². The second kappa shape index (κ2) is 5.51. The number of rotatable bonds is 3. The van der Waals surface area contributed by atoms with Crippen molar-refractivity contribution in [2.24, 2.45) is 0 Å². The maximum Gasteiger partial charge on any atom is 0.223 e. The molecule has 0 aliphatic carbocycles. The van der Waals surface area contributed by atoms with Crippen LogP contribution in [0.3, 0.4) is 0 Å². The molecule has 3 rings (SSSR count). The Morgan fingerprint density at radius 2 is 1.67 bits per heavy atom. The summed E-state index contributed by atoms with van der Waals surface area (Å²) in [6, 6.07) is 13.9. The highest BCUT2D eigenvalue weighted by molar-refractivity contribution is 6.29. The van der Waals surface area contributed by atoms with Crippen LogP contribution in [0, 0.1) is 0 Å². The first-order valence-electron chi connectivity index (χ1n) is 6.55. The first kappa shape index (κ1) is 13.5. The zero-order valence-electron chi connectivity index (χ0n) is 11.4. The molecule has 1 heterocycles. The monoisotopic (exact) mass is 292 g/mol. The third kappa shape index (κ3) is 2.34. The van der Waals surface area contributed by atoms with Crippen LogP contribution in [0.15, 0.2) is 55.6 Å². The molecule has 0 N–H and O–H groups in total. The Labute approximate surface area is 128 Å². The minimum atomic E-state index is 0.227. The predicted molar refractivity (Wildman–Crippen MR) is 90.2 cm³/mol. The van der Waals surface area contributed by atoms with E-state index in [1.54, 1.807) is 12.2 Å². The van der Waals surface area contributed by atoms with Crippen LogP contribution in [0.4, 0.5) is 0 Å². The van der Waals surface area contributed by atoms with Crippen molar-refractivity contribution in [1.29, 1.82) is 0 Å². The van der Waals surface area contributed by atoms with E-state index in [0.717, 1.165) is 33.3 Å². The molecule has 0 aliphatic rings. The van der Waals surface area contributed by atoms with Gasteiger partial charge in [-0.05, 0) is 23.2 Å². The Kier molecular flexibility index (Phi) is 3.55. The summed E-state index contributed by atoms with van der Waals surface area (Å²) in [6.45, 7) is 7.70. The Balaban J connectivity index is 2.42. The van der Waals surface area contributed by atoms with Gasteiger partial charge in [0.25, 0.3) is 0 Å². The molecule has 0 aliphatic heterocycles. The molecule has 0 atom stereocenters. The van der Waals surface area contributed by atoms with Crippen molar-refractivity contribution in [3.8, 4) is 11.3 Å². The third-order valence-corrected chi connectivity index (χ3v) is 3.55. The van der Waals surface area contributed by atoms with Crippen molar-refractivity contribution in [2.45, 2.75) is 0 Å². The molecule has 0 spiro atoms. The lowest BCUT2D eigenvalue weighted by atomic mass is 9.99. The number of aromatic nitrogens is 2. The van der Waals surface area contributed by atoms with Crippen LogP contribution in [-0.2, 0) is 0 Å². The quantitative estimate of drug-likeness (QED) is 0.617. The van der Waals surface area contributed by atoms with E-state index in [-0.39, 0.29) is 5.28 Å². The lowest BCUT2D eigenvalue weighted by Crippen LogP contribution is -1.94. The van der Waals surface area contributed by atoms with Crippen molar-refractivity contribution >= 4 is 34.7 Å². The van der Waals surface area contributed by atoms with Crippen LogP contribution in [0.25, 0.3) is 34.3 Å². The topological polar surface area (TPSA) is 25.8 Å². The van der Waals surface area contributed by atoms with Gasteiger partial charge in [-0.2, -0.15) is 0 Å². The molecule has 0 fully saturated rings. The van der Waals surface area contributed by atoms with Gasteiger partial charge in [0.05, 0.1) is 11.2 Å². The van der Waals surface area contributed by atoms with E-state index in [1.165, 1.54) is 0 Å². The zero-order valence-corrected chi connectivity index (χ0v) is 12.1. The third-order valence-electron chi connectivity index (χ3n) is 3.39. The van der Waals surface area contributed by atoms with Gasteiger partial charge in [-0.15, -0.1) is 0 Å². The molecule has 102 valence electrons. The van der Waals surface area contributed by atoms with Gasteiger partial charge in [-0.25, -0.2) is 9.97 Å². The molecular weight excluding hydrogens is 280 g/mol. The number of halogens is 1. The number of benzene rings is 2. The number of fused-ring (bicyclic) bond motifs is 1. The highest BCUT2D eigenvalue weighted by Gasteiger charge is 2.12. The SMILES string of the molecule is C=Cc1ccc2c(-c3ccccc3)nc(Cl)nc2c1C=C. The van der Waals surface area contributed by atoms with Crippen molar-refractivity contribution in [2.75, 3.05) is 0 Å². The Morgan fingerprint density at radius 3 is 2.33 bits per heavy atom. The fourth-order valence-electron chi connectivity index (χ4n) is 2.41. The van der Waals surface area contributed by atoms with Crippen LogP contribution in [0.1, 0.15) is 11.1 Å². The normalized spacial score (nSPS) is 10.5. The van der Waals surface area contributed by atoms with E-state index in [4.69, 9.17) is 11.6 Å². The van der Waals surface area contributed by atoms with Crippen LogP contribution < -0.4 is 0 Å². The zero-order chi connectivity index (χ0) is 14.8. The minimum Gasteiger partial charge on any atom is -0.217 e. The van der Waals surface area contributed by atoms with E-state index >= 15 is 0 Å². The highest BCUT2D eigenvalue weighted by Crippen LogP contribution is 2.31. The van der Waals surface area contributed by atoms with E-state index in [9.17, 15) is 0 Å². The number of hydrogen-bond donors (Lipinski definition) is 0. The fraction of sp³-hybridized carbons (Fsp3) is 0. The van der Waals surface area contributed by atoms with Crippen LogP contribution in [0.2, 0.25) is 5.28 Å². The van der Waals surface area contributed by atoms with Gasteiger partial charge in [0.1, 0.15) is 0 Å². The van der Waals surface area contributed by atoms with Crippen LogP contribution >= 0.6 is 11.6 Å². The molecule has 0 bridgehead atoms. The van der Waals surface area contributed by atoms with Gasteiger partial charge in [0, 0.05) is 16.5 Å². The summed E-state index contributed by atoms with van der Waals surface area (Å²) in [6.07, 6.45) is 3.56. The molecule has 0 saturated carbocycles. The lowest BCUT2D eigenvalue weighted by Gasteiger charge is -2.10. The second-order valence-electron chi connectivity index (χ2n) is 4.58. The summed E-state index contributed by atoms with van der Waals surface area (Å²) < 4.78 is 0. The van der Waals surface area contributed by atoms with Crippen LogP contribution in [-0.4, -0.2) is 9.97 Å². The van der Waals surface area contributed by atoms with Crippen molar-refractivity contribution in [3.63, 3.8) is 0 Å². The Morgan fingerprint density at radius 1 is 0.905 bits per heavy atom. The molecule has 3 heteroatoms. The van der Waals surface area contributed by atoms with E-state index in [1.807, 2.05) is 42.5 Å². The van der Waals surface area contributed by atoms with E-state index in [0.29, 0.717) is 0 Å². The maximum atomic E-state index is 6.12. The first-order valence-corrected chi connectivity index (χ1v) is 6.93. The molecule has 1 aromatic heterocycles. The van der Waals surface area contributed by atoms with E-state index in [2.05, 4.69) is 23.1 Å². The smallest absolute Gasteiger partial charge is 0.217 e. The molecule has 21 heavy (non-hydrogen) atoms. The molecular formula is C18H13ClN2. The van der Waals surface area contributed by atoms with Crippen molar-refractivity contribution in [3.05, 3.63) is 72.0 Å². The lowest BCUT2D eigenvalue weighted by molar-refractivity contribution is 1.22. The largest absolute Gasteiger partial charge is 0.223 e. The second-order valence-corrected chi connectivity index (χ2v) is 4.92. The van der Waals surface area contributed by atoms with Crippen molar-refractivity contribution in [1.82, 2.24) is 9.97 Å². The summed E-state index contributed by atoms with van der Waals surface area (Å²) in [5.41, 5.74) is 4.52. The summed E-state index contributed by atoms with van der Waals surface area (Å²) in [7, 11) is 0. The molecule has 0 amide bonds. The van der Waals surface area contributed by atoms with Crippen LogP contribution in [0.5, 0.6) is 0 Å². The highest BCUT2D eigenvalue weighted by atomic mass is 35.5. The Hall–Kier alpha value is -2.45. The molecule has 0 unspecified atom stereocenters. The molecule has 2 aromatic carbocycles. The van der Waals surface area contributed by atoms with Gasteiger partial charge in [-0.3, -0.25) is 0 Å². The summed E-state index contributed by atoms with van der Waals surface area (Å²) in [5, 5.41) is 1.18. The molecule has 0 radical (unpaired) electrons. The van der Waals surface area contributed by atoms with Gasteiger partial charge in [-0.1, -0.05) is 61.7 Å². The standard InChI is InChI=1S/C18H13ClN2/c1-3-12-10-11-15-16(13-8-6-5-7-9-13)20-18(19)21-17(15)14(12)4-2/h3-11H,1-2H2. The predicted octanol–water partition coefficient (Wildman–Crippen LogP) is 5.24. The average molecular weight is 293 g/mol. The molecule has 2 nitrogen and oxygen atoms in total. The maximum absolute atomic E-state index is 6.12. The summed E-state index contributed by atoms with van der Waals surface area (Å²) in [4.78, 5) is 8.77. The van der Waals surface area contributed by atoms with E-state index < -0.39 is 0 Å². The Bertz CT molecular complexity index is 839. The average Bonchev–Trinajstić information content (AvgIpc) is 2.53. The molecule has 3 aromatic rings. The van der Waals surface area contributed by atoms with Gasteiger partial charge in [0.15, 0.2) is 0 Å². The van der Waals surface area contributed by atoms with Gasteiger partial charge < -0.3 is 0 Å². The summed E-state index contributed by atoms with van der Waals surface area (Å²) >= 11 is 6.12. The fourth-order valence-corrected chi connectivity index (χ4v) is 2.58. The first-order chi connectivity index (χ1) is 10.2. The molecule has 0 saturated heterocycles. The summed E-state index contributed by atoms with van der Waals surface area (Å²) in [5.74, 6) is 0. The number of hydrogen-bond acceptors (Lipinski definition) is 2.